The van der Waals surface area contributed by atoms with Gasteiger partial charge in [0.05, 0.1) is 7.11 Å². The van der Waals surface area contributed by atoms with Crippen LogP contribution in [0.4, 0.5) is 0 Å². The molecule has 1 aliphatic heterocycles. The van der Waals surface area contributed by atoms with Gasteiger partial charge in [-0.3, -0.25) is 4.79 Å². The molecule has 0 saturated carbocycles. The van der Waals surface area contributed by atoms with Crippen molar-refractivity contribution in [3.63, 3.8) is 0 Å². The Bertz CT molecular complexity index is 409. The fourth-order valence-electron chi connectivity index (χ4n) is 2.05. The van der Waals surface area contributed by atoms with Gasteiger partial charge >= 0.3 is 0 Å². The molecule has 0 aliphatic carbocycles. The van der Waals surface area contributed by atoms with E-state index in [4.69, 9.17) is 10.5 Å². The first-order valence-corrected chi connectivity index (χ1v) is 4.77. The molecule has 0 fully saturated rings. The van der Waals surface area contributed by atoms with Crippen LogP contribution in [-0.2, 0) is 19.5 Å². The van der Waals surface area contributed by atoms with E-state index in [0.717, 1.165) is 30.6 Å². The molecule has 2 heterocycles. The van der Waals surface area contributed by atoms with Crippen LogP contribution in [0.3, 0.4) is 0 Å². The Morgan fingerprint density at radius 2 is 2.43 bits per heavy atom. The first-order chi connectivity index (χ1) is 6.77. The molecule has 4 nitrogen and oxygen atoms in total. The molecule has 1 aromatic rings. The summed E-state index contributed by atoms with van der Waals surface area (Å²) in [6.45, 7) is 1.24. The van der Waals surface area contributed by atoms with Crippen LogP contribution < -0.4 is 16.0 Å². The molecule has 0 aromatic carbocycles. The average molecular weight is 194 g/mol. The van der Waals surface area contributed by atoms with Crippen LogP contribution in [-0.4, -0.2) is 11.7 Å². The molecule has 0 radical (unpaired) electrons. The fraction of sp³-hybridized carbons (Fsp3) is 0.500. The van der Waals surface area contributed by atoms with E-state index >= 15 is 0 Å². The molecule has 0 spiro atoms. The highest BCUT2D eigenvalue weighted by molar-refractivity contribution is 5.37. The lowest BCUT2D eigenvalue weighted by molar-refractivity contribution is 0.406. The predicted octanol–water partition coefficient (Wildman–Crippen LogP) is 0.262. The summed E-state index contributed by atoms with van der Waals surface area (Å²) in [5, 5.41) is 0. The monoisotopic (exact) mass is 194 g/mol. The van der Waals surface area contributed by atoms with Crippen LogP contribution >= 0.6 is 0 Å². The highest BCUT2D eigenvalue weighted by Gasteiger charge is 2.18. The van der Waals surface area contributed by atoms with Crippen molar-refractivity contribution in [1.82, 2.24) is 4.57 Å². The Hall–Kier alpha value is -1.29. The zero-order valence-corrected chi connectivity index (χ0v) is 8.25. The highest BCUT2D eigenvalue weighted by Crippen LogP contribution is 2.24. The van der Waals surface area contributed by atoms with Gasteiger partial charge in [-0.1, -0.05) is 0 Å². The van der Waals surface area contributed by atoms with Crippen LogP contribution in [0.1, 0.15) is 17.7 Å². The Labute approximate surface area is 82.3 Å². The summed E-state index contributed by atoms with van der Waals surface area (Å²) < 4.78 is 6.95. The lowest BCUT2D eigenvalue weighted by Gasteiger charge is -2.12. The van der Waals surface area contributed by atoms with E-state index in [2.05, 4.69) is 0 Å². The van der Waals surface area contributed by atoms with E-state index in [9.17, 15) is 4.79 Å². The quantitative estimate of drug-likeness (QED) is 0.734. The molecule has 0 unspecified atom stereocenters. The smallest absolute Gasteiger partial charge is 0.254 e. The molecule has 2 rings (SSSR count). The Morgan fingerprint density at radius 1 is 1.64 bits per heavy atom. The SMILES string of the molecule is COc1cc(=O)n2c(c1CN)CCC2. The Morgan fingerprint density at radius 3 is 3.07 bits per heavy atom. The minimum absolute atomic E-state index is 0.0200. The van der Waals surface area contributed by atoms with Gasteiger partial charge in [0.25, 0.3) is 5.56 Å². The maximum Gasteiger partial charge on any atom is 0.254 e. The third-order valence-electron chi connectivity index (χ3n) is 2.71. The lowest BCUT2D eigenvalue weighted by Crippen LogP contribution is -2.21. The van der Waals surface area contributed by atoms with E-state index in [0.29, 0.717) is 12.3 Å². The molecule has 14 heavy (non-hydrogen) atoms. The standard InChI is InChI=1S/C10H14N2O2/c1-14-9-5-10(13)12-4-2-3-8(12)7(9)6-11/h5H,2-4,6,11H2,1H3. The first kappa shape index (κ1) is 9.27. The highest BCUT2D eigenvalue weighted by atomic mass is 16.5. The second-order valence-electron chi connectivity index (χ2n) is 3.44. The number of fused-ring (bicyclic) bond motifs is 1. The molecular weight excluding hydrogens is 180 g/mol. The molecule has 0 saturated heterocycles. The van der Waals surface area contributed by atoms with Crippen molar-refractivity contribution in [2.45, 2.75) is 25.9 Å². The molecule has 4 heteroatoms. The summed E-state index contributed by atoms with van der Waals surface area (Å²) in [6.07, 6.45) is 1.95. The number of rotatable bonds is 2. The van der Waals surface area contributed by atoms with Crippen LogP contribution in [0.15, 0.2) is 10.9 Å². The second-order valence-corrected chi connectivity index (χ2v) is 3.44. The number of pyridine rings is 1. The molecule has 76 valence electrons. The van der Waals surface area contributed by atoms with Crippen LogP contribution in [0.2, 0.25) is 0 Å². The predicted molar refractivity (Wildman–Crippen MR) is 53.5 cm³/mol. The van der Waals surface area contributed by atoms with Crippen molar-refractivity contribution in [1.29, 1.82) is 0 Å². The minimum Gasteiger partial charge on any atom is -0.496 e. The van der Waals surface area contributed by atoms with Gasteiger partial charge in [-0.2, -0.15) is 0 Å². The summed E-state index contributed by atoms with van der Waals surface area (Å²) in [5.41, 5.74) is 7.70. The number of methoxy groups -OCH3 is 1. The van der Waals surface area contributed by atoms with Crippen molar-refractivity contribution in [2.75, 3.05) is 7.11 Å². The summed E-state index contributed by atoms with van der Waals surface area (Å²) in [6, 6.07) is 1.52. The van der Waals surface area contributed by atoms with Crippen molar-refractivity contribution >= 4 is 0 Å². The number of nitrogens with two attached hydrogens (primary N) is 1. The zero-order valence-electron chi connectivity index (χ0n) is 8.25. The normalized spacial score (nSPS) is 14.1. The minimum atomic E-state index is 0.0200. The molecule has 0 bridgehead atoms. The van der Waals surface area contributed by atoms with Crippen molar-refractivity contribution in [3.8, 4) is 5.75 Å². The maximum absolute atomic E-state index is 11.6. The average Bonchev–Trinajstić information content (AvgIpc) is 2.66. The van der Waals surface area contributed by atoms with Crippen LogP contribution in [0.25, 0.3) is 0 Å². The van der Waals surface area contributed by atoms with Gasteiger partial charge in [0, 0.05) is 30.4 Å². The van der Waals surface area contributed by atoms with E-state index < -0.39 is 0 Å². The van der Waals surface area contributed by atoms with Gasteiger partial charge in [-0.15, -0.1) is 0 Å². The molecule has 1 aromatic heterocycles. The topological polar surface area (TPSA) is 57.2 Å². The number of ether oxygens (including phenoxy) is 1. The molecule has 0 atom stereocenters. The third-order valence-corrected chi connectivity index (χ3v) is 2.71. The largest absolute Gasteiger partial charge is 0.496 e. The van der Waals surface area contributed by atoms with Crippen LogP contribution in [0.5, 0.6) is 5.75 Å². The first-order valence-electron chi connectivity index (χ1n) is 4.77. The van der Waals surface area contributed by atoms with Gasteiger partial charge in [-0.25, -0.2) is 0 Å². The zero-order chi connectivity index (χ0) is 10.1. The van der Waals surface area contributed by atoms with Gasteiger partial charge < -0.3 is 15.0 Å². The molecule has 1 aliphatic rings. The number of aromatic nitrogens is 1. The van der Waals surface area contributed by atoms with E-state index in [1.54, 1.807) is 11.7 Å². The fourth-order valence-corrected chi connectivity index (χ4v) is 2.05. The van der Waals surface area contributed by atoms with Gasteiger partial charge in [0.15, 0.2) is 0 Å². The Kier molecular flexibility index (Phi) is 2.29. The molecular formula is C10H14N2O2. The van der Waals surface area contributed by atoms with Crippen molar-refractivity contribution < 1.29 is 4.74 Å². The summed E-state index contributed by atoms with van der Waals surface area (Å²) >= 11 is 0. The van der Waals surface area contributed by atoms with E-state index in [-0.39, 0.29) is 5.56 Å². The van der Waals surface area contributed by atoms with Crippen molar-refractivity contribution in [2.24, 2.45) is 5.73 Å². The molecule has 0 amide bonds. The summed E-state index contributed by atoms with van der Waals surface area (Å²) in [4.78, 5) is 11.6. The number of nitrogens with zero attached hydrogens (tertiary/aromatic N) is 1. The number of hydrogen-bond donors (Lipinski definition) is 1. The molecule has 2 N–H and O–H groups in total. The van der Waals surface area contributed by atoms with E-state index in [1.807, 2.05) is 0 Å². The summed E-state index contributed by atoms with van der Waals surface area (Å²) in [7, 11) is 1.57. The van der Waals surface area contributed by atoms with Gasteiger partial charge in [-0.05, 0) is 12.8 Å². The van der Waals surface area contributed by atoms with E-state index in [1.165, 1.54) is 6.07 Å². The van der Waals surface area contributed by atoms with Crippen molar-refractivity contribution in [3.05, 3.63) is 27.7 Å². The maximum atomic E-state index is 11.6. The van der Waals surface area contributed by atoms with Gasteiger partial charge in [0.2, 0.25) is 0 Å². The number of hydrogen-bond acceptors (Lipinski definition) is 3. The lowest BCUT2D eigenvalue weighted by atomic mass is 10.1. The second kappa shape index (κ2) is 3.46. The third kappa shape index (κ3) is 1.23. The van der Waals surface area contributed by atoms with Crippen LogP contribution in [0, 0.1) is 0 Å². The Balaban J connectivity index is 2.68. The summed E-state index contributed by atoms with van der Waals surface area (Å²) in [5.74, 6) is 0.630. The van der Waals surface area contributed by atoms with Gasteiger partial charge in [0.1, 0.15) is 5.75 Å².